The fourth-order valence-electron chi connectivity index (χ4n) is 1.40. The second-order valence-corrected chi connectivity index (χ2v) is 5.78. The van der Waals surface area contributed by atoms with E-state index in [1.54, 1.807) is 7.11 Å². The van der Waals surface area contributed by atoms with Crippen LogP contribution in [0.15, 0.2) is 0 Å². The summed E-state index contributed by atoms with van der Waals surface area (Å²) in [6, 6.07) is 0. The summed E-state index contributed by atoms with van der Waals surface area (Å²) in [5, 5.41) is 4.02. The highest BCUT2D eigenvalue weighted by Gasteiger charge is 2.22. The molecular formula is C12H20N2O2S. The van der Waals surface area contributed by atoms with Crippen molar-refractivity contribution in [2.45, 2.75) is 52.1 Å². The molecule has 4 nitrogen and oxygen atoms in total. The molecule has 1 heterocycles. The molecule has 96 valence electrons. The lowest BCUT2D eigenvalue weighted by molar-refractivity contribution is 0.0142. The molecule has 0 atom stereocenters. The molecular weight excluding hydrogens is 236 g/mol. The third-order valence-electron chi connectivity index (χ3n) is 2.82. The lowest BCUT2D eigenvalue weighted by atomic mass is 9.98. The Morgan fingerprint density at radius 3 is 2.65 bits per heavy atom. The van der Waals surface area contributed by atoms with E-state index < -0.39 is 0 Å². The van der Waals surface area contributed by atoms with Crippen LogP contribution in [0.3, 0.4) is 0 Å². The molecule has 0 aromatic carbocycles. The van der Waals surface area contributed by atoms with Crippen LogP contribution < -0.4 is 0 Å². The number of aromatic nitrogens is 2. The maximum Gasteiger partial charge on any atom is 0.176 e. The van der Waals surface area contributed by atoms with Gasteiger partial charge in [0.05, 0.1) is 11.3 Å². The van der Waals surface area contributed by atoms with E-state index >= 15 is 0 Å². The van der Waals surface area contributed by atoms with Crippen molar-refractivity contribution < 1.29 is 9.53 Å². The maximum atomic E-state index is 12.1. The molecule has 0 amide bonds. The van der Waals surface area contributed by atoms with Crippen molar-refractivity contribution >= 4 is 17.3 Å². The highest BCUT2D eigenvalue weighted by Crippen LogP contribution is 2.23. The van der Waals surface area contributed by atoms with Gasteiger partial charge in [-0.25, -0.2) is 0 Å². The van der Waals surface area contributed by atoms with Gasteiger partial charge in [0.1, 0.15) is 4.88 Å². The van der Waals surface area contributed by atoms with Gasteiger partial charge in [0.15, 0.2) is 5.78 Å². The number of ketones is 1. The smallest absolute Gasteiger partial charge is 0.176 e. The number of ether oxygens (including phenoxy) is 1. The second kappa shape index (κ2) is 5.69. The Kier molecular flexibility index (Phi) is 4.77. The Labute approximate surface area is 107 Å². The molecule has 0 saturated heterocycles. The molecule has 0 spiro atoms. The number of hydrogen-bond donors (Lipinski definition) is 0. The first-order chi connectivity index (χ1) is 7.87. The van der Waals surface area contributed by atoms with Gasteiger partial charge in [-0.1, -0.05) is 18.3 Å². The molecule has 0 aliphatic heterocycles. The van der Waals surface area contributed by atoms with Crippen molar-refractivity contribution in [3.63, 3.8) is 0 Å². The van der Waals surface area contributed by atoms with Gasteiger partial charge in [-0.05, 0) is 37.7 Å². The van der Waals surface area contributed by atoms with E-state index in [1.165, 1.54) is 11.5 Å². The van der Waals surface area contributed by atoms with E-state index in [0.717, 1.165) is 5.69 Å². The number of carbonyl (C=O) groups is 1. The number of Topliss-reactive ketones (excluding diaryl/α,β-unsaturated/α-hetero) is 1. The van der Waals surface area contributed by atoms with Gasteiger partial charge in [-0.3, -0.25) is 4.79 Å². The maximum absolute atomic E-state index is 12.1. The summed E-state index contributed by atoms with van der Waals surface area (Å²) in [7, 11) is 1.66. The zero-order valence-corrected chi connectivity index (χ0v) is 11.9. The molecule has 1 rings (SSSR count). The molecule has 5 heteroatoms. The standard InChI is InChI=1S/C12H20N2O2S/c1-8(2)10-11(17-14-13-10)9(15)6-7-12(3,4)16-5/h8H,6-7H2,1-5H3. The molecule has 0 unspecified atom stereocenters. The zero-order chi connectivity index (χ0) is 13.1. The van der Waals surface area contributed by atoms with Crippen molar-refractivity contribution in [1.29, 1.82) is 0 Å². The Morgan fingerprint density at radius 2 is 2.12 bits per heavy atom. The first-order valence-corrected chi connectivity index (χ1v) is 6.55. The number of methoxy groups -OCH3 is 1. The fraction of sp³-hybridized carbons (Fsp3) is 0.750. The van der Waals surface area contributed by atoms with Gasteiger partial charge < -0.3 is 4.74 Å². The minimum atomic E-state index is -0.258. The van der Waals surface area contributed by atoms with Crippen molar-refractivity contribution in [1.82, 2.24) is 9.59 Å². The number of carbonyl (C=O) groups excluding carboxylic acids is 1. The Morgan fingerprint density at radius 1 is 1.47 bits per heavy atom. The van der Waals surface area contributed by atoms with Crippen LogP contribution in [0, 0.1) is 0 Å². The summed E-state index contributed by atoms with van der Waals surface area (Å²) in [5.41, 5.74) is 0.557. The summed E-state index contributed by atoms with van der Waals surface area (Å²) in [5.74, 6) is 0.358. The largest absolute Gasteiger partial charge is 0.379 e. The van der Waals surface area contributed by atoms with Crippen molar-refractivity contribution in [2.24, 2.45) is 0 Å². The lowest BCUT2D eigenvalue weighted by Gasteiger charge is -2.22. The van der Waals surface area contributed by atoms with E-state index in [0.29, 0.717) is 17.7 Å². The van der Waals surface area contributed by atoms with Crippen molar-refractivity contribution in [2.75, 3.05) is 7.11 Å². The van der Waals surface area contributed by atoms with Gasteiger partial charge >= 0.3 is 0 Å². The summed E-state index contributed by atoms with van der Waals surface area (Å²) in [4.78, 5) is 12.8. The molecule has 0 N–H and O–H groups in total. The topological polar surface area (TPSA) is 52.1 Å². The van der Waals surface area contributed by atoms with Gasteiger partial charge in [-0.15, -0.1) is 5.10 Å². The van der Waals surface area contributed by atoms with E-state index in [9.17, 15) is 4.79 Å². The number of rotatable bonds is 6. The monoisotopic (exact) mass is 256 g/mol. The number of hydrogen-bond acceptors (Lipinski definition) is 5. The third kappa shape index (κ3) is 3.85. The molecule has 17 heavy (non-hydrogen) atoms. The van der Waals surface area contributed by atoms with E-state index in [4.69, 9.17) is 4.74 Å². The summed E-state index contributed by atoms with van der Waals surface area (Å²) >= 11 is 1.19. The highest BCUT2D eigenvalue weighted by molar-refractivity contribution is 7.08. The van der Waals surface area contributed by atoms with Crippen LogP contribution in [0.4, 0.5) is 0 Å². The van der Waals surface area contributed by atoms with Crippen LogP contribution in [0.5, 0.6) is 0 Å². The third-order valence-corrected chi connectivity index (χ3v) is 3.60. The van der Waals surface area contributed by atoms with Crippen LogP contribution in [-0.4, -0.2) is 28.1 Å². The van der Waals surface area contributed by atoms with Gasteiger partial charge in [0.25, 0.3) is 0 Å². The summed E-state index contributed by atoms with van der Waals surface area (Å²) < 4.78 is 9.17. The van der Waals surface area contributed by atoms with Crippen LogP contribution in [0.25, 0.3) is 0 Å². The minimum absolute atomic E-state index is 0.119. The Balaban J connectivity index is 2.68. The van der Waals surface area contributed by atoms with Crippen LogP contribution >= 0.6 is 11.5 Å². The average Bonchev–Trinajstić information content (AvgIpc) is 2.75. The second-order valence-electron chi connectivity index (χ2n) is 5.03. The fourth-order valence-corrected chi connectivity index (χ4v) is 2.18. The Hall–Kier alpha value is -0.810. The van der Waals surface area contributed by atoms with Gasteiger partial charge in [0.2, 0.25) is 0 Å². The van der Waals surface area contributed by atoms with E-state index in [-0.39, 0.29) is 17.3 Å². The molecule has 0 aliphatic carbocycles. The van der Waals surface area contributed by atoms with Crippen LogP contribution in [0.1, 0.15) is 61.8 Å². The summed E-state index contributed by atoms with van der Waals surface area (Å²) in [6.45, 7) is 8.00. The predicted octanol–water partition coefficient (Wildman–Crippen LogP) is 3.05. The van der Waals surface area contributed by atoms with Crippen LogP contribution in [-0.2, 0) is 4.74 Å². The summed E-state index contributed by atoms with van der Waals surface area (Å²) in [6.07, 6.45) is 1.18. The molecule has 0 bridgehead atoms. The molecule has 0 fully saturated rings. The molecule has 1 aromatic rings. The first kappa shape index (κ1) is 14.3. The number of nitrogens with zero attached hydrogens (tertiary/aromatic N) is 2. The highest BCUT2D eigenvalue weighted by atomic mass is 32.1. The molecule has 0 radical (unpaired) electrons. The zero-order valence-electron chi connectivity index (χ0n) is 11.1. The SMILES string of the molecule is COC(C)(C)CCC(=O)c1snnc1C(C)C. The first-order valence-electron chi connectivity index (χ1n) is 5.78. The van der Waals surface area contributed by atoms with Crippen molar-refractivity contribution in [3.8, 4) is 0 Å². The van der Waals surface area contributed by atoms with Gasteiger partial charge in [0, 0.05) is 13.5 Å². The van der Waals surface area contributed by atoms with Crippen LogP contribution in [0.2, 0.25) is 0 Å². The lowest BCUT2D eigenvalue weighted by Crippen LogP contribution is -2.23. The van der Waals surface area contributed by atoms with E-state index in [2.05, 4.69) is 9.59 Å². The molecule has 0 saturated carbocycles. The average molecular weight is 256 g/mol. The minimum Gasteiger partial charge on any atom is -0.379 e. The quantitative estimate of drug-likeness (QED) is 0.734. The predicted molar refractivity (Wildman–Crippen MR) is 68.7 cm³/mol. The van der Waals surface area contributed by atoms with E-state index in [1.807, 2.05) is 27.7 Å². The normalized spacial score (nSPS) is 12.1. The molecule has 0 aliphatic rings. The Bertz CT molecular complexity index is 386. The van der Waals surface area contributed by atoms with Gasteiger partial charge in [-0.2, -0.15) is 0 Å². The van der Waals surface area contributed by atoms with Crippen molar-refractivity contribution in [3.05, 3.63) is 10.6 Å². The molecule has 1 aromatic heterocycles.